The van der Waals surface area contributed by atoms with E-state index >= 15 is 0 Å². The third kappa shape index (κ3) is 4.65. The first-order valence-electron chi connectivity index (χ1n) is 9.04. The lowest BCUT2D eigenvalue weighted by atomic mass is 10.2. The summed E-state index contributed by atoms with van der Waals surface area (Å²) in [5.74, 6) is -0.412. The van der Waals surface area contributed by atoms with E-state index in [1.54, 1.807) is 37.3 Å². The molecule has 0 saturated heterocycles. The first-order chi connectivity index (χ1) is 13.9. The van der Waals surface area contributed by atoms with E-state index in [2.05, 4.69) is 10.6 Å². The molecule has 29 heavy (non-hydrogen) atoms. The van der Waals surface area contributed by atoms with Crippen LogP contribution in [0.4, 0.5) is 20.6 Å². The van der Waals surface area contributed by atoms with Gasteiger partial charge in [-0.05, 0) is 49.2 Å². The molecule has 0 aliphatic heterocycles. The molecule has 0 radical (unpaired) electrons. The second-order valence-corrected chi connectivity index (χ2v) is 7.41. The molecule has 2 N–H and O–H groups in total. The average molecular weight is 416 g/mol. The zero-order valence-corrected chi connectivity index (χ0v) is 17.1. The number of nitrogens with one attached hydrogen (secondary N) is 2. The van der Waals surface area contributed by atoms with Crippen molar-refractivity contribution in [2.45, 2.75) is 20.3 Å². The van der Waals surface area contributed by atoms with Gasteiger partial charge in [0.05, 0.1) is 13.7 Å². The van der Waals surface area contributed by atoms with Crippen molar-refractivity contribution in [3.8, 4) is 5.75 Å². The number of fused-ring (bicyclic) bond motifs is 1. The molecular formula is C21H21FN2O4S. The number of carbonyl (C=O) groups excluding carboxylic acids is 2. The second kappa shape index (κ2) is 8.91. The summed E-state index contributed by atoms with van der Waals surface area (Å²) in [5.41, 5.74) is 1.36. The van der Waals surface area contributed by atoms with E-state index in [0.29, 0.717) is 39.6 Å². The fraction of sp³-hybridized carbons (Fsp3) is 0.238. The first-order valence-corrected chi connectivity index (χ1v) is 9.86. The Bertz CT molecular complexity index is 1060. The second-order valence-electron chi connectivity index (χ2n) is 6.35. The highest BCUT2D eigenvalue weighted by Crippen LogP contribution is 2.39. The van der Waals surface area contributed by atoms with E-state index in [0.717, 1.165) is 11.1 Å². The van der Waals surface area contributed by atoms with E-state index in [1.165, 1.54) is 24.5 Å². The molecule has 0 unspecified atom stereocenters. The largest absolute Gasteiger partial charge is 0.491 e. The van der Waals surface area contributed by atoms with Crippen LogP contribution < -0.4 is 15.4 Å². The number of hydrogen-bond acceptors (Lipinski definition) is 5. The minimum absolute atomic E-state index is 0.349. The van der Waals surface area contributed by atoms with Crippen LogP contribution in [0.15, 0.2) is 36.4 Å². The number of rotatable bonds is 6. The third-order valence-corrected chi connectivity index (χ3v) is 5.28. The Morgan fingerprint density at radius 3 is 2.45 bits per heavy atom. The lowest BCUT2D eigenvalue weighted by molar-refractivity contribution is 0.0602. The van der Waals surface area contributed by atoms with Crippen LogP contribution >= 0.6 is 11.3 Å². The summed E-state index contributed by atoms with van der Waals surface area (Å²) >= 11 is 1.27. The molecule has 152 valence electrons. The zero-order chi connectivity index (χ0) is 21.0. The molecule has 2 aromatic carbocycles. The SMILES string of the molecule is CCCOc1c(C(=O)OC)sc2ccc(NC(=O)Nc3ccc(C)c(F)c3)cc12. The summed E-state index contributed by atoms with van der Waals surface area (Å²) in [6, 6.07) is 9.22. The van der Waals surface area contributed by atoms with E-state index in [4.69, 9.17) is 9.47 Å². The molecule has 1 heterocycles. The Kier molecular flexibility index (Phi) is 6.33. The van der Waals surface area contributed by atoms with Crippen LogP contribution in [0, 0.1) is 12.7 Å². The highest BCUT2D eigenvalue weighted by molar-refractivity contribution is 7.21. The van der Waals surface area contributed by atoms with Gasteiger partial charge in [0.2, 0.25) is 0 Å². The monoisotopic (exact) mass is 416 g/mol. The van der Waals surface area contributed by atoms with Gasteiger partial charge in [-0.2, -0.15) is 0 Å². The number of aryl methyl sites for hydroxylation is 1. The lowest BCUT2D eigenvalue weighted by Gasteiger charge is -2.09. The number of hydrogen-bond donors (Lipinski definition) is 2. The number of amides is 2. The highest BCUT2D eigenvalue weighted by Gasteiger charge is 2.21. The molecule has 3 aromatic rings. The summed E-state index contributed by atoms with van der Waals surface area (Å²) in [6.45, 7) is 4.07. The standard InChI is InChI=1S/C21H21FN2O4S/c1-4-9-28-18-15-10-13(7-8-17(15)29-19(18)20(25)27-3)23-21(26)24-14-6-5-12(2)16(22)11-14/h5-8,10-11H,4,9H2,1-3H3,(H2,23,24,26). The van der Waals surface area contributed by atoms with Gasteiger partial charge in [-0.15, -0.1) is 11.3 Å². The number of urea groups is 1. The fourth-order valence-electron chi connectivity index (χ4n) is 2.69. The number of halogens is 1. The predicted molar refractivity (Wildman–Crippen MR) is 113 cm³/mol. The number of methoxy groups -OCH3 is 1. The quantitative estimate of drug-likeness (QED) is 0.515. The van der Waals surface area contributed by atoms with Crippen molar-refractivity contribution in [3.63, 3.8) is 0 Å². The fourth-order valence-corrected chi connectivity index (χ4v) is 3.74. The van der Waals surface area contributed by atoms with Crippen LogP contribution in [-0.4, -0.2) is 25.7 Å². The van der Waals surface area contributed by atoms with Crippen molar-refractivity contribution in [1.29, 1.82) is 0 Å². The van der Waals surface area contributed by atoms with Gasteiger partial charge in [-0.25, -0.2) is 14.0 Å². The molecule has 0 atom stereocenters. The van der Waals surface area contributed by atoms with E-state index in [1.807, 2.05) is 6.92 Å². The number of carbonyl (C=O) groups is 2. The molecule has 0 bridgehead atoms. The Hall–Kier alpha value is -3.13. The number of esters is 1. The van der Waals surface area contributed by atoms with Crippen LogP contribution in [0.3, 0.4) is 0 Å². The van der Waals surface area contributed by atoms with Gasteiger partial charge in [0, 0.05) is 21.5 Å². The average Bonchev–Trinajstić information content (AvgIpc) is 3.06. The minimum atomic E-state index is -0.507. The Balaban J connectivity index is 1.84. The first kappa shape index (κ1) is 20.6. The maximum atomic E-state index is 13.7. The summed E-state index contributed by atoms with van der Waals surface area (Å²) < 4.78 is 25.1. The molecule has 0 aliphatic carbocycles. The van der Waals surface area contributed by atoms with Crippen LogP contribution in [0.5, 0.6) is 5.75 Å². The van der Waals surface area contributed by atoms with Gasteiger partial charge in [0.15, 0.2) is 10.6 Å². The van der Waals surface area contributed by atoms with Crippen LogP contribution in [0.1, 0.15) is 28.6 Å². The molecule has 0 spiro atoms. The molecule has 0 fully saturated rings. The molecule has 8 heteroatoms. The zero-order valence-electron chi connectivity index (χ0n) is 16.3. The summed E-state index contributed by atoms with van der Waals surface area (Å²) in [4.78, 5) is 24.7. The third-order valence-electron chi connectivity index (χ3n) is 4.15. The van der Waals surface area contributed by atoms with Crippen molar-refractivity contribution in [2.24, 2.45) is 0 Å². The smallest absolute Gasteiger partial charge is 0.351 e. The Morgan fingerprint density at radius 1 is 1.10 bits per heavy atom. The van der Waals surface area contributed by atoms with Crippen molar-refractivity contribution in [2.75, 3.05) is 24.4 Å². The Labute approximate surface area is 171 Å². The van der Waals surface area contributed by atoms with E-state index in [9.17, 15) is 14.0 Å². The van der Waals surface area contributed by atoms with E-state index < -0.39 is 17.8 Å². The molecule has 2 amide bonds. The summed E-state index contributed by atoms with van der Waals surface area (Å²) in [5, 5.41) is 6.02. The summed E-state index contributed by atoms with van der Waals surface area (Å²) in [7, 11) is 1.32. The molecule has 6 nitrogen and oxygen atoms in total. The van der Waals surface area contributed by atoms with Crippen molar-refractivity contribution in [1.82, 2.24) is 0 Å². The van der Waals surface area contributed by atoms with Crippen molar-refractivity contribution in [3.05, 3.63) is 52.7 Å². The topological polar surface area (TPSA) is 76.7 Å². The molecule has 0 aliphatic rings. The Morgan fingerprint density at radius 2 is 1.79 bits per heavy atom. The van der Waals surface area contributed by atoms with Crippen LogP contribution in [0.2, 0.25) is 0 Å². The molecule has 1 aromatic heterocycles. The van der Waals surface area contributed by atoms with Gasteiger partial charge < -0.3 is 20.1 Å². The van der Waals surface area contributed by atoms with Crippen molar-refractivity contribution < 1.29 is 23.5 Å². The number of thiophene rings is 1. The molecule has 0 saturated carbocycles. The normalized spacial score (nSPS) is 10.6. The lowest BCUT2D eigenvalue weighted by Crippen LogP contribution is -2.19. The van der Waals surface area contributed by atoms with Gasteiger partial charge >= 0.3 is 12.0 Å². The number of ether oxygens (including phenoxy) is 2. The summed E-state index contributed by atoms with van der Waals surface area (Å²) in [6.07, 6.45) is 0.783. The maximum absolute atomic E-state index is 13.7. The maximum Gasteiger partial charge on any atom is 0.351 e. The number of benzene rings is 2. The molecule has 3 rings (SSSR count). The van der Waals surface area contributed by atoms with Crippen molar-refractivity contribution >= 4 is 44.8 Å². The van der Waals surface area contributed by atoms with Gasteiger partial charge in [0.25, 0.3) is 0 Å². The van der Waals surface area contributed by atoms with Gasteiger partial charge in [-0.1, -0.05) is 13.0 Å². The van der Waals surface area contributed by atoms with Crippen LogP contribution in [0.25, 0.3) is 10.1 Å². The van der Waals surface area contributed by atoms with Gasteiger partial charge in [-0.3, -0.25) is 0 Å². The minimum Gasteiger partial charge on any atom is -0.491 e. The molecular weight excluding hydrogens is 395 g/mol. The number of anilines is 2. The predicted octanol–water partition coefficient (Wildman–Crippen LogP) is 5.57. The van der Waals surface area contributed by atoms with Crippen LogP contribution in [-0.2, 0) is 4.74 Å². The van der Waals surface area contributed by atoms with E-state index in [-0.39, 0.29) is 0 Å². The highest BCUT2D eigenvalue weighted by atomic mass is 32.1. The van der Waals surface area contributed by atoms with Gasteiger partial charge in [0.1, 0.15) is 5.82 Å².